The summed E-state index contributed by atoms with van der Waals surface area (Å²) in [5.74, 6) is 0.207. The highest BCUT2D eigenvalue weighted by Crippen LogP contribution is 2.16. The van der Waals surface area contributed by atoms with Crippen molar-refractivity contribution in [1.82, 2.24) is 10.2 Å². The fraction of sp³-hybridized carbons (Fsp3) is 0.562. The molecule has 2 unspecified atom stereocenters. The number of hydrogen-bond acceptors (Lipinski definition) is 2. The number of hydrogen-bond donors (Lipinski definition) is 1. The first-order chi connectivity index (χ1) is 9.63. The smallest absolute Gasteiger partial charge is 0.227 e. The Morgan fingerprint density at radius 3 is 2.85 bits per heavy atom. The van der Waals surface area contributed by atoms with Gasteiger partial charge in [-0.25, -0.2) is 0 Å². The Kier molecular flexibility index (Phi) is 5.44. The van der Waals surface area contributed by atoms with Crippen molar-refractivity contribution >= 4 is 17.5 Å². The monoisotopic (exact) mass is 294 g/mol. The van der Waals surface area contributed by atoms with Gasteiger partial charge in [0, 0.05) is 30.2 Å². The average Bonchev–Trinajstić information content (AvgIpc) is 2.46. The summed E-state index contributed by atoms with van der Waals surface area (Å²) >= 11 is 5.98. The van der Waals surface area contributed by atoms with Crippen molar-refractivity contribution in [3.05, 3.63) is 34.9 Å². The molecule has 110 valence electrons. The van der Waals surface area contributed by atoms with Crippen LogP contribution in [-0.4, -0.2) is 36.0 Å². The van der Waals surface area contributed by atoms with Gasteiger partial charge in [-0.1, -0.05) is 37.6 Å². The maximum Gasteiger partial charge on any atom is 0.227 e. The highest BCUT2D eigenvalue weighted by molar-refractivity contribution is 6.30. The van der Waals surface area contributed by atoms with Crippen LogP contribution in [0.1, 0.15) is 32.3 Å². The Bertz CT molecular complexity index is 464. The summed E-state index contributed by atoms with van der Waals surface area (Å²) in [7, 11) is 0. The third-order valence-corrected chi connectivity index (χ3v) is 4.26. The highest BCUT2D eigenvalue weighted by Gasteiger charge is 2.29. The molecule has 1 amide bonds. The minimum Gasteiger partial charge on any atom is -0.337 e. The van der Waals surface area contributed by atoms with Crippen LogP contribution in [0.2, 0.25) is 5.02 Å². The molecular weight excluding hydrogens is 272 g/mol. The summed E-state index contributed by atoms with van der Waals surface area (Å²) in [6.45, 7) is 6.01. The number of amides is 1. The lowest BCUT2D eigenvalue weighted by molar-refractivity contribution is -0.134. The standard InChI is InChI=1S/C16H23ClN2O/c1-3-14-11-19(15(4-2)10-18-14)16(20)9-12-6-5-7-13(17)8-12/h5-8,14-15,18H,3-4,9-11H2,1-2H3. The molecule has 4 heteroatoms. The van der Waals surface area contributed by atoms with E-state index >= 15 is 0 Å². The third-order valence-electron chi connectivity index (χ3n) is 4.03. The lowest BCUT2D eigenvalue weighted by Crippen LogP contribution is -2.58. The van der Waals surface area contributed by atoms with Crippen molar-refractivity contribution in [3.8, 4) is 0 Å². The van der Waals surface area contributed by atoms with E-state index in [1.54, 1.807) is 0 Å². The second-order valence-electron chi connectivity index (χ2n) is 5.43. The second-order valence-corrected chi connectivity index (χ2v) is 5.86. The van der Waals surface area contributed by atoms with Gasteiger partial charge < -0.3 is 10.2 Å². The van der Waals surface area contributed by atoms with Gasteiger partial charge in [-0.2, -0.15) is 0 Å². The van der Waals surface area contributed by atoms with E-state index in [0.717, 1.165) is 31.5 Å². The molecule has 20 heavy (non-hydrogen) atoms. The minimum atomic E-state index is 0.207. The Morgan fingerprint density at radius 2 is 2.20 bits per heavy atom. The summed E-state index contributed by atoms with van der Waals surface area (Å²) < 4.78 is 0. The Balaban J connectivity index is 2.05. The summed E-state index contributed by atoms with van der Waals surface area (Å²) in [5, 5.41) is 4.20. The first-order valence-electron chi connectivity index (χ1n) is 7.41. The molecular formula is C16H23ClN2O. The van der Waals surface area contributed by atoms with Crippen molar-refractivity contribution < 1.29 is 4.79 Å². The van der Waals surface area contributed by atoms with E-state index < -0.39 is 0 Å². The van der Waals surface area contributed by atoms with Crippen molar-refractivity contribution in [3.63, 3.8) is 0 Å². The predicted molar refractivity (Wildman–Crippen MR) is 83.0 cm³/mol. The van der Waals surface area contributed by atoms with Crippen LogP contribution in [0.3, 0.4) is 0 Å². The summed E-state index contributed by atoms with van der Waals surface area (Å²) in [4.78, 5) is 14.6. The van der Waals surface area contributed by atoms with Crippen LogP contribution in [0.4, 0.5) is 0 Å². The number of rotatable bonds is 4. The lowest BCUT2D eigenvalue weighted by atomic mass is 10.0. The van der Waals surface area contributed by atoms with Gasteiger partial charge >= 0.3 is 0 Å². The maximum absolute atomic E-state index is 12.6. The van der Waals surface area contributed by atoms with Crippen LogP contribution >= 0.6 is 11.6 Å². The fourth-order valence-electron chi connectivity index (χ4n) is 2.73. The highest BCUT2D eigenvalue weighted by atomic mass is 35.5. The van der Waals surface area contributed by atoms with Crippen LogP contribution in [0, 0.1) is 0 Å². The van der Waals surface area contributed by atoms with Gasteiger partial charge in [0.1, 0.15) is 0 Å². The quantitative estimate of drug-likeness (QED) is 0.926. The molecule has 1 aliphatic rings. The molecule has 1 fully saturated rings. The topological polar surface area (TPSA) is 32.3 Å². The van der Waals surface area contributed by atoms with E-state index in [9.17, 15) is 4.79 Å². The normalized spacial score (nSPS) is 22.9. The van der Waals surface area contributed by atoms with Gasteiger partial charge in [-0.15, -0.1) is 0 Å². The van der Waals surface area contributed by atoms with E-state index in [0.29, 0.717) is 23.5 Å². The minimum absolute atomic E-state index is 0.207. The molecule has 0 bridgehead atoms. The molecule has 3 nitrogen and oxygen atoms in total. The van der Waals surface area contributed by atoms with Gasteiger partial charge in [0.05, 0.1) is 6.42 Å². The zero-order chi connectivity index (χ0) is 14.5. The van der Waals surface area contributed by atoms with Gasteiger partial charge in [0.15, 0.2) is 0 Å². The number of nitrogens with one attached hydrogen (secondary N) is 1. The van der Waals surface area contributed by atoms with Crippen molar-refractivity contribution in [1.29, 1.82) is 0 Å². The van der Waals surface area contributed by atoms with E-state index in [1.807, 2.05) is 29.2 Å². The number of carbonyl (C=O) groups is 1. The van der Waals surface area contributed by atoms with Crippen LogP contribution in [-0.2, 0) is 11.2 Å². The van der Waals surface area contributed by atoms with Crippen molar-refractivity contribution in [2.75, 3.05) is 13.1 Å². The predicted octanol–water partition coefficient (Wildman–Crippen LogP) is 2.87. The summed E-state index contributed by atoms with van der Waals surface area (Å²) in [6, 6.07) is 8.30. The Labute approximate surface area is 126 Å². The number of halogens is 1. The zero-order valence-corrected chi connectivity index (χ0v) is 13.0. The van der Waals surface area contributed by atoms with E-state index in [1.165, 1.54) is 0 Å². The van der Waals surface area contributed by atoms with Crippen LogP contribution in [0.5, 0.6) is 0 Å². The average molecular weight is 295 g/mol. The van der Waals surface area contributed by atoms with Gasteiger partial charge in [-0.3, -0.25) is 4.79 Å². The number of carbonyl (C=O) groups excluding carboxylic acids is 1. The molecule has 0 aliphatic carbocycles. The molecule has 0 radical (unpaired) electrons. The van der Waals surface area contributed by atoms with Gasteiger partial charge in [-0.05, 0) is 30.5 Å². The number of nitrogens with zero attached hydrogens (tertiary/aromatic N) is 1. The van der Waals surface area contributed by atoms with Crippen molar-refractivity contribution in [2.24, 2.45) is 0 Å². The van der Waals surface area contributed by atoms with Crippen LogP contribution in [0.15, 0.2) is 24.3 Å². The molecule has 0 spiro atoms. The summed E-state index contributed by atoms with van der Waals surface area (Å²) in [6.07, 6.45) is 2.48. The van der Waals surface area contributed by atoms with Crippen molar-refractivity contribution in [2.45, 2.75) is 45.2 Å². The first-order valence-corrected chi connectivity index (χ1v) is 7.79. The van der Waals surface area contributed by atoms with Gasteiger partial charge in [0.25, 0.3) is 0 Å². The molecule has 0 saturated carbocycles. The maximum atomic E-state index is 12.6. The summed E-state index contributed by atoms with van der Waals surface area (Å²) in [5.41, 5.74) is 0.990. The van der Waals surface area contributed by atoms with Crippen LogP contribution in [0.25, 0.3) is 0 Å². The largest absolute Gasteiger partial charge is 0.337 e. The lowest BCUT2D eigenvalue weighted by Gasteiger charge is -2.40. The first kappa shape index (κ1) is 15.3. The SMILES string of the molecule is CCC1CN(C(=O)Cc2cccc(Cl)c2)C(CC)CN1. The molecule has 1 heterocycles. The van der Waals surface area contributed by atoms with E-state index in [2.05, 4.69) is 19.2 Å². The fourth-order valence-corrected chi connectivity index (χ4v) is 2.94. The third kappa shape index (κ3) is 3.74. The number of piperazine rings is 1. The molecule has 1 N–H and O–H groups in total. The molecule has 1 saturated heterocycles. The van der Waals surface area contributed by atoms with E-state index in [-0.39, 0.29) is 5.91 Å². The molecule has 1 aromatic carbocycles. The van der Waals surface area contributed by atoms with E-state index in [4.69, 9.17) is 11.6 Å². The Hall–Kier alpha value is -1.06. The van der Waals surface area contributed by atoms with Gasteiger partial charge in [0.2, 0.25) is 5.91 Å². The van der Waals surface area contributed by atoms with Crippen LogP contribution < -0.4 is 5.32 Å². The zero-order valence-electron chi connectivity index (χ0n) is 12.2. The second kappa shape index (κ2) is 7.09. The Morgan fingerprint density at radius 1 is 1.40 bits per heavy atom. The number of benzene rings is 1. The molecule has 1 aliphatic heterocycles. The molecule has 0 aromatic heterocycles. The molecule has 2 rings (SSSR count). The molecule has 2 atom stereocenters. The molecule has 1 aromatic rings.